The minimum Gasteiger partial charge on any atom is -0.497 e. The minimum atomic E-state index is -0.121. The molecule has 2 aromatic heterocycles. The average Bonchev–Trinajstić information content (AvgIpc) is 3.25. The van der Waals surface area contributed by atoms with Crippen LogP contribution in [0.25, 0.3) is 11.4 Å². The quantitative estimate of drug-likeness (QED) is 0.386. The van der Waals surface area contributed by atoms with Crippen molar-refractivity contribution in [1.29, 1.82) is 0 Å². The summed E-state index contributed by atoms with van der Waals surface area (Å²) in [4.78, 5) is 16.7. The molecule has 0 bridgehead atoms. The third-order valence-electron chi connectivity index (χ3n) is 4.79. The second kappa shape index (κ2) is 10.6. The molecule has 0 atom stereocenters. The Morgan fingerprint density at radius 3 is 2.72 bits per heavy atom. The van der Waals surface area contributed by atoms with Gasteiger partial charge in [0.15, 0.2) is 11.0 Å². The van der Waals surface area contributed by atoms with Crippen LogP contribution >= 0.6 is 11.8 Å². The second-order valence-electron chi connectivity index (χ2n) is 7.00. The van der Waals surface area contributed by atoms with Crippen molar-refractivity contribution in [2.24, 2.45) is 0 Å². The van der Waals surface area contributed by atoms with E-state index in [4.69, 9.17) is 4.74 Å². The number of methoxy groups -OCH3 is 1. The molecule has 0 unspecified atom stereocenters. The Labute approximate surface area is 190 Å². The fourth-order valence-electron chi connectivity index (χ4n) is 3.22. The molecule has 2 aromatic carbocycles. The van der Waals surface area contributed by atoms with Gasteiger partial charge < -0.3 is 14.6 Å². The van der Waals surface area contributed by atoms with Gasteiger partial charge in [-0.1, -0.05) is 48.2 Å². The molecule has 4 aromatic rings. The van der Waals surface area contributed by atoms with E-state index in [-0.39, 0.29) is 11.7 Å². The van der Waals surface area contributed by atoms with Crippen molar-refractivity contribution in [1.82, 2.24) is 19.7 Å². The number of aryl methyl sites for hydroxylation is 1. The largest absolute Gasteiger partial charge is 0.497 e. The number of ether oxygens (including phenoxy) is 1. The van der Waals surface area contributed by atoms with Crippen LogP contribution in [0.3, 0.4) is 0 Å². The molecule has 4 rings (SSSR count). The van der Waals surface area contributed by atoms with Crippen LogP contribution in [0.2, 0.25) is 0 Å². The van der Waals surface area contributed by atoms with Crippen molar-refractivity contribution in [2.45, 2.75) is 18.1 Å². The Balaban J connectivity index is 1.48. The number of carbonyl (C=O) groups is 1. The summed E-state index contributed by atoms with van der Waals surface area (Å²) in [5.74, 6) is 1.53. The molecule has 1 amide bonds. The minimum absolute atomic E-state index is 0.121. The molecule has 0 radical (unpaired) electrons. The predicted molar refractivity (Wildman–Crippen MR) is 126 cm³/mol. The molecule has 162 valence electrons. The molecule has 0 aliphatic rings. The van der Waals surface area contributed by atoms with Crippen LogP contribution in [0.1, 0.15) is 5.56 Å². The number of carbonyl (C=O) groups excluding carboxylic acids is 1. The summed E-state index contributed by atoms with van der Waals surface area (Å²) >= 11 is 1.36. The van der Waals surface area contributed by atoms with Crippen molar-refractivity contribution >= 4 is 23.4 Å². The van der Waals surface area contributed by atoms with Crippen LogP contribution in [0.5, 0.6) is 5.75 Å². The summed E-state index contributed by atoms with van der Waals surface area (Å²) < 4.78 is 7.26. The molecule has 1 N–H and O–H groups in total. The summed E-state index contributed by atoms with van der Waals surface area (Å²) in [6.45, 7) is 0.696. The monoisotopic (exact) mass is 445 g/mol. The molecule has 0 saturated carbocycles. The first-order valence-corrected chi connectivity index (χ1v) is 11.2. The van der Waals surface area contributed by atoms with E-state index < -0.39 is 0 Å². The van der Waals surface area contributed by atoms with Gasteiger partial charge in [-0.15, -0.1) is 10.2 Å². The molecule has 0 aliphatic heterocycles. The van der Waals surface area contributed by atoms with E-state index in [0.29, 0.717) is 23.1 Å². The highest BCUT2D eigenvalue weighted by Gasteiger charge is 2.16. The Hall–Kier alpha value is -3.65. The Morgan fingerprint density at radius 2 is 1.94 bits per heavy atom. The molecule has 8 heteroatoms. The van der Waals surface area contributed by atoms with E-state index in [1.165, 1.54) is 17.3 Å². The van der Waals surface area contributed by atoms with Crippen molar-refractivity contribution in [3.05, 3.63) is 84.7 Å². The van der Waals surface area contributed by atoms with Crippen molar-refractivity contribution in [3.63, 3.8) is 0 Å². The predicted octanol–water partition coefficient (Wildman–Crippen LogP) is 4.32. The zero-order chi connectivity index (χ0) is 22.2. The molecule has 0 aliphatic carbocycles. The van der Waals surface area contributed by atoms with Crippen molar-refractivity contribution in [2.75, 3.05) is 18.2 Å². The van der Waals surface area contributed by atoms with E-state index in [2.05, 4.69) is 32.6 Å². The lowest BCUT2D eigenvalue weighted by Gasteiger charge is -2.11. The first-order valence-electron chi connectivity index (χ1n) is 10.2. The van der Waals surface area contributed by atoms with E-state index in [9.17, 15) is 4.79 Å². The van der Waals surface area contributed by atoms with Gasteiger partial charge >= 0.3 is 0 Å². The number of nitrogens with one attached hydrogen (secondary N) is 1. The summed E-state index contributed by atoms with van der Waals surface area (Å²) in [7, 11) is 1.60. The van der Waals surface area contributed by atoms with E-state index >= 15 is 0 Å². The number of benzene rings is 2. The maximum Gasteiger partial charge on any atom is 0.234 e. The van der Waals surface area contributed by atoms with Gasteiger partial charge in [0.1, 0.15) is 5.75 Å². The highest BCUT2D eigenvalue weighted by Crippen LogP contribution is 2.24. The van der Waals surface area contributed by atoms with Crippen LogP contribution < -0.4 is 10.1 Å². The standard InChI is InChI=1S/C24H23N5O2S/c1-31-21-11-5-10-20(15-21)26-22(30)17-32-24-28-27-23(19-9-6-13-25-16-19)29(24)14-12-18-7-3-2-4-8-18/h2-11,13,15-16H,12,14,17H2,1H3,(H,26,30). The van der Waals surface area contributed by atoms with Gasteiger partial charge in [0.05, 0.1) is 12.9 Å². The zero-order valence-electron chi connectivity index (χ0n) is 17.6. The lowest BCUT2D eigenvalue weighted by atomic mass is 10.1. The normalized spacial score (nSPS) is 10.7. The van der Waals surface area contributed by atoms with Gasteiger partial charge in [-0.2, -0.15) is 0 Å². The van der Waals surface area contributed by atoms with Crippen LogP contribution in [0.15, 0.2) is 84.3 Å². The number of nitrogens with zero attached hydrogens (tertiary/aromatic N) is 4. The Kier molecular flexibility index (Phi) is 7.14. The first-order chi connectivity index (χ1) is 15.7. The highest BCUT2D eigenvalue weighted by molar-refractivity contribution is 7.99. The molecule has 7 nitrogen and oxygen atoms in total. The SMILES string of the molecule is COc1cccc(NC(=O)CSc2nnc(-c3cccnc3)n2CCc2ccccc2)c1. The van der Waals surface area contributed by atoms with E-state index in [1.54, 1.807) is 25.6 Å². The molecule has 2 heterocycles. The maximum absolute atomic E-state index is 12.5. The smallest absolute Gasteiger partial charge is 0.234 e. The molecular weight excluding hydrogens is 422 g/mol. The highest BCUT2D eigenvalue weighted by atomic mass is 32.2. The molecule has 0 fully saturated rings. The summed E-state index contributed by atoms with van der Waals surface area (Å²) in [6.07, 6.45) is 4.33. The van der Waals surface area contributed by atoms with Crippen molar-refractivity contribution in [3.8, 4) is 17.1 Å². The fourth-order valence-corrected chi connectivity index (χ4v) is 3.98. The lowest BCUT2D eigenvalue weighted by molar-refractivity contribution is -0.113. The molecule has 0 spiro atoms. The molecule has 0 saturated heterocycles. The van der Waals surface area contributed by atoms with Gasteiger partial charge in [-0.3, -0.25) is 9.78 Å². The fraction of sp³-hybridized carbons (Fsp3) is 0.167. The first kappa shape index (κ1) is 21.6. The van der Waals surface area contributed by atoms with E-state index in [0.717, 1.165) is 17.8 Å². The number of thioether (sulfide) groups is 1. The number of amides is 1. The van der Waals surface area contributed by atoms with Gasteiger partial charge in [-0.25, -0.2) is 0 Å². The Morgan fingerprint density at radius 1 is 1.06 bits per heavy atom. The number of hydrogen-bond acceptors (Lipinski definition) is 6. The van der Waals surface area contributed by atoms with E-state index in [1.807, 2.05) is 53.1 Å². The Bertz CT molecular complexity index is 1170. The number of hydrogen-bond donors (Lipinski definition) is 1. The topological polar surface area (TPSA) is 81.9 Å². The maximum atomic E-state index is 12.5. The molecular formula is C24H23N5O2S. The average molecular weight is 446 g/mol. The number of rotatable bonds is 9. The van der Waals surface area contributed by atoms with Crippen LogP contribution in [0.4, 0.5) is 5.69 Å². The summed E-state index contributed by atoms with van der Waals surface area (Å²) in [5.41, 5.74) is 2.81. The third-order valence-corrected chi connectivity index (χ3v) is 5.76. The van der Waals surface area contributed by atoms with Crippen molar-refractivity contribution < 1.29 is 9.53 Å². The second-order valence-corrected chi connectivity index (χ2v) is 7.95. The van der Waals surface area contributed by atoms with Gasteiger partial charge in [0.25, 0.3) is 0 Å². The third kappa shape index (κ3) is 5.53. The number of anilines is 1. The van der Waals surface area contributed by atoms with Gasteiger partial charge in [-0.05, 0) is 36.2 Å². The summed E-state index contributed by atoms with van der Waals surface area (Å²) in [6, 6.07) is 21.4. The zero-order valence-corrected chi connectivity index (χ0v) is 18.5. The number of pyridine rings is 1. The van der Waals surface area contributed by atoms with Crippen LogP contribution in [-0.4, -0.2) is 38.5 Å². The van der Waals surface area contributed by atoms with Gasteiger partial charge in [0, 0.05) is 36.3 Å². The number of aromatic nitrogens is 4. The van der Waals surface area contributed by atoms with Crippen LogP contribution in [0, 0.1) is 0 Å². The van der Waals surface area contributed by atoms with Crippen LogP contribution in [-0.2, 0) is 17.8 Å². The lowest BCUT2D eigenvalue weighted by Crippen LogP contribution is -2.15. The van der Waals surface area contributed by atoms with Gasteiger partial charge in [0.2, 0.25) is 5.91 Å². The molecule has 32 heavy (non-hydrogen) atoms. The summed E-state index contributed by atoms with van der Waals surface area (Å²) in [5, 5.41) is 12.3.